The van der Waals surface area contributed by atoms with Gasteiger partial charge in [0, 0.05) is 11.4 Å². The third kappa shape index (κ3) is 5.81. The molecule has 0 saturated carbocycles. The van der Waals surface area contributed by atoms with Gasteiger partial charge < -0.3 is 15.4 Å². The van der Waals surface area contributed by atoms with Crippen LogP contribution in [0.1, 0.15) is 50.6 Å². The van der Waals surface area contributed by atoms with Crippen molar-refractivity contribution in [1.82, 2.24) is 9.55 Å². The number of hydrogen-bond acceptors (Lipinski definition) is 7. The van der Waals surface area contributed by atoms with E-state index < -0.39 is 17.4 Å². The quantitative estimate of drug-likeness (QED) is 0.329. The van der Waals surface area contributed by atoms with Gasteiger partial charge in [0.05, 0.1) is 28.3 Å². The van der Waals surface area contributed by atoms with E-state index in [-0.39, 0.29) is 18.6 Å². The summed E-state index contributed by atoms with van der Waals surface area (Å²) in [5.41, 5.74) is 3.51. The van der Waals surface area contributed by atoms with E-state index in [0.717, 1.165) is 22.5 Å². The second kappa shape index (κ2) is 11.0. The van der Waals surface area contributed by atoms with E-state index in [1.807, 2.05) is 32.0 Å². The topological polar surface area (TPSA) is 119 Å². The zero-order valence-corrected chi connectivity index (χ0v) is 22.6. The van der Waals surface area contributed by atoms with Crippen molar-refractivity contribution in [3.05, 3.63) is 86.3 Å². The third-order valence-corrected chi connectivity index (χ3v) is 6.99. The molecule has 2 aromatic heterocycles. The van der Waals surface area contributed by atoms with Gasteiger partial charge in [0.1, 0.15) is 11.4 Å². The fraction of sp³-hybridized carbons (Fsp3) is 0.250. The number of aromatic nitrogens is 2. The Morgan fingerprint density at radius 1 is 1.05 bits per heavy atom. The second-order valence-corrected chi connectivity index (χ2v) is 10.3. The molecule has 0 aliphatic carbocycles. The number of thiophene rings is 1. The first kappa shape index (κ1) is 26.7. The van der Waals surface area contributed by atoms with E-state index in [0.29, 0.717) is 37.6 Å². The molecule has 0 atom stereocenters. The van der Waals surface area contributed by atoms with E-state index in [1.54, 1.807) is 39.0 Å². The molecule has 2 amide bonds. The van der Waals surface area contributed by atoms with Gasteiger partial charge in [-0.1, -0.05) is 23.8 Å². The number of hydrogen-bond donors (Lipinski definition) is 2. The highest BCUT2D eigenvalue weighted by Crippen LogP contribution is 2.28. The monoisotopic (exact) mass is 532 g/mol. The van der Waals surface area contributed by atoms with E-state index in [1.165, 1.54) is 17.0 Å². The van der Waals surface area contributed by atoms with Gasteiger partial charge in [-0.25, -0.2) is 9.78 Å². The minimum Gasteiger partial charge on any atom is -0.459 e. The molecule has 0 spiro atoms. The van der Waals surface area contributed by atoms with Crippen molar-refractivity contribution >= 4 is 50.7 Å². The molecular formula is C28H28N4O5S. The number of aryl methyl sites for hydroxylation is 3. The number of amides is 2. The number of carbonyl (C=O) groups excluding carboxylic acids is 3. The van der Waals surface area contributed by atoms with Crippen LogP contribution in [-0.2, 0) is 16.1 Å². The Balaban J connectivity index is 1.53. The Kier molecular flexibility index (Phi) is 7.72. The lowest BCUT2D eigenvalue weighted by Crippen LogP contribution is -2.28. The van der Waals surface area contributed by atoms with Crippen molar-refractivity contribution in [3.8, 4) is 0 Å². The van der Waals surface area contributed by atoms with Crippen LogP contribution in [0.4, 0.5) is 11.4 Å². The molecule has 38 heavy (non-hydrogen) atoms. The minimum atomic E-state index is -0.493. The molecule has 0 radical (unpaired) electrons. The summed E-state index contributed by atoms with van der Waals surface area (Å²) in [5, 5.41) is 5.90. The Hall–Kier alpha value is -4.31. The molecule has 2 heterocycles. The van der Waals surface area contributed by atoms with Gasteiger partial charge in [0.15, 0.2) is 0 Å². The molecule has 0 aliphatic heterocycles. The van der Waals surface area contributed by atoms with Gasteiger partial charge in [-0.3, -0.25) is 19.0 Å². The Labute approximate surface area is 223 Å². The summed E-state index contributed by atoms with van der Waals surface area (Å²) in [6.45, 7) is 8.81. The molecular weight excluding hydrogens is 504 g/mol. The number of rotatable bonds is 7. The maximum atomic E-state index is 13.2. The number of benzene rings is 2. The molecule has 0 saturated heterocycles. The van der Waals surface area contributed by atoms with E-state index in [9.17, 15) is 19.2 Å². The average Bonchev–Trinajstić information content (AvgIpc) is 3.19. The highest BCUT2D eigenvalue weighted by Gasteiger charge is 2.21. The molecule has 196 valence electrons. The van der Waals surface area contributed by atoms with Gasteiger partial charge in [0.25, 0.3) is 11.5 Å². The highest BCUT2D eigenvalue weighted by molar-refractivity contribution is 7.20. The van der Waals surface area contributed by atoms with Crippen LogP contribution < -0.4 is 16.2 Å². The zero-order valence-electron chi connectivity index (χ0n) is 21.7. The van der Waals surface area contributed by atoms with E-state index in [2.05, 4.69) is 15.6 Å². The van der Waals surface area contributed by atoms with Crippen LogP contribution in [-0.4, -0.2) is 33.4 Å². The maximum Gasteiger partial charge on any atom is 0.338 e. The normalized spacial score (nSPS) is 11.0. The second-order valence-electron chi connectivity index (χ2n) is 9.27. The number of anilines is 2. The van der Waals surface area contributed by atoms with Crippen LogP contribution in [0.25, 0.3) is 10.2 Å². The summed E-state index contributed by atoms with van der Waals surface area (Å²) in [5.74, 6) is -1.28. The van der Waals surface area contributed by atoms with Crippen LogP contribution in [0, 0.1) is 20.8 Å². The van der Waals surface area contributed by atoms with Gasteiger partial charge in [-0.2, -0.15) is 0 Å². The summed E-state index contributed by atoms with van der Waals surface area (Å²) in [4.78, 5) is 56.2. The highest BCUT2D eigenvalue weighted by atomic mass is 32.1. The van der Waals surface area contributed by atoms with Crippen molar-refractivity contribution in [2.24, 2.45) is 0 Å². The first-order valence-electron chi connectivity index (χ1n) is 12.0. The third-order valence-electron chi connectivity index (χ3n) is 5.79. The van der Waals surface area contributed by atoms with Gasteiger partial charge in [-0.15, -0.1) is 11.3 Å². The van der Waals surface area contributed by atoms with Gasteiger partial charge in [0.2, 0.25) is 5.91 Å². The van der Waals surface area contributed by atoms with Crippen LogP contribution >= 0.6 is 11.3 Å². The van der Waals surface area contributed by atoms with E-state index >= 15 is 0 Å². The van der Waals surface area contributed by atoms with Crippen molar-refractivity contribution in [3.63, 3.8) is 0 Å². The van der Waals surface area contributed by atoms with Crippen LogP contribution in [0.2, 0.25) is 0 Å². The van der Waals surface area contributed by atoms with Crippen LogP contribution in [0.3, 0.4) is 0 Å². The van der Waals surface area contributed by atoms with Gasteiger partial charge >= 0.3 is 5.97 Å². The van der Waals surface area contributed by atoms with E-state index in [4.69, 9.17) is 4.74 Å². The standard InChI is InChI=1S/C28H28N4O5S/c1-15(2)37-28(36)19-7-6-8-20(12-19)30-22(33)13-32-14-29-26-23(27(32)35)18(5)24(38-26)25(34)31-21-10-9-16(3)11-17(21)4/h6-12,14-15H,13H2,1-5H3,(H,30,33)(H,31,34). The molecule has 4 aromatic rings. The lowest BCUT2D eigenvalue weighted by atomic mass is 10.1. The molecule has 2 aromatic carbocycles. The molecule has 2 N–H and O–H groups in total. The SMILES string of the molecule is Cc1ccc(NC(=O)c2sc3ncn(CC(=O)Nc4cccc(C(=O)OC(C)C)c4)c(=O)c3c2C)c(C)c1. The first-order valence-corrected chi connectivity index (χ1v) is 12.8. The fourth-order valence-electron chi connectivity index (χ4n) is 3.98. The molecule has 10 heteroatoms. The number of ether oxygens (including phenoxy) is 1. The summed E-state index contributed by atoms with van der Waals surface area (Å²) in [7, 11) is 0. The lowest BCUT2D eigenvalue weighted by molar-refractivity contribution is -0.116. The molecule has 9 nitrogen and oxygen atoms in total. The summed E-state index contributed by atoms with van der Waals surface area (Å²) in [6, 6.07) is 12.1. The lowest BCUT2D eigenvalue weighted by Gasteiger charge is -2.10. The average molecular weight is 533 g/mol. The fourth-order valence-corrected chi connectivity index (χ4v) is 5.02. The molecule has 0 bridgehead atoms. The number of esters is 1. The summed E-state index contributed by atoms with van der Waals surface area (Å²) in [6.07, 6.45) is 1.02. The number of nitrogens with one attached hydrogen (secondary N) is 2. The summed E-state index contributed by atoms with van der Waals surface area (Å²) < 4.78 is 6.38. The molecule has 0 unspecified atom stereocenters. The largest absolute Gasteiger partial charge is 0.459 e. The Bertz CT molecular complexity index is 1620. The Morgan fingerprint density at radius 3 is 2.53 bits per heavy atom. The van der Waals surface area contributed by atoms with Crippen molar-refractivity contribution in [2.75, 3.05) is 10.6 Å². The van der Waals surface area contributed by atoms with Gasteiger partial charge in [-0.05, 0) is 70.0 Å². The zero-order chi connectivity index (χ0) is 27.6. The summed E-state index contributed by atoms with van der Waals surface area (Å²) >= 11 is 1.13. The minimum absolute atomic E-state index is 0.270. The van der Waals surface area contributed by atoms with Crippen molar-refractivity contribution in [2.45, 2.75) is 47.3 Å². The van der Waals surface area contributed by atoms with Crippen molar-refractivity contribution < 1.29 is 19.1 Å². The molecule has 4 rings (SSSR count). The smallest absolute Gasteiger partial charge is 0.338 e. The van der Waals surface area contributed by atoms with Crippen molar-refractivity contribution in [1.29, 1.82) is 0 Å². The molecule has 0 fully saturated rings. The predicted octanol–water partition coefficient (Wildman–Crippen LogP) is 4.84. The number of nitrogens with zero attached hydrogens (tertiary/aromatic N) is 2. The number of carbonyl (C=O) groups is 3. The van der Waals surface area contributed by atoms with Crippen LogP contribution in [0.15, 0.2) is 53.6 Å². The number of fused-ring (bicyclic) bond motifs is 1. The predicted molar refractivity (Wildman–Crippen MR) is 148 cm³/mol. The Morgan fingerprint density at radius 2 is 1.82 bits per heavy atom. The molecule has 0 aliphatic rings. The maximum absolute atomic E-state index is 13.2. The first-order chi connectivity index (χ1) is 18.0. The van der Waals surface area contributed by atoms with Crippen LogP contribution in [0.5, 0.6) is 0 Å².